The lowest BCUT2D eigenvalue weighted by Crippen LogP contribution is -2.45. The summed E-state index contributed by atoms with van der Waals surface area (Å²) in [5.74, 6) is 0. The molecule has 4 N–H and O–H groups in total. The maximum Gasteiger partial charge on any atom is 0.422 e. The van der Waals surface area contributed by atoms with Gasteiger partial charge < -0.3 is 10.5 Å². The highest BCUT2D eigenvalue weighted by atomic mass is 16.6. The first-order chi connectivity index (χ1) is 6.85. The fraction of sp³-hybridized carbons (Fsp3) is 0.900. The van der Waals surface area contributed by atoms with Gasteiger partial charge in [-0.3, -0.25) is 5.43 Å². The molecule has 0 aromatic rings. The van der Waals surface area contributed by atoms with Crippen LogP contribution in [-0.2, 0) is 4.74 Å². The van der Waals surface area contributed by atoms with Gasteiger partial charge in [0.25, 0.3) is 0 Å². The Bertz CT molecular complexity index is 190. The molecule has 0 aliphatic heterocycles. The van der Waals surface area contributed by atoms with Gasteiger partial charge in [0.15, 0.2) is 0 Å². The highest BCUT2D eigenvalue weighted by Gasteiger charge is 2.16. The van der Waals surface area contributed by atoms with Crippen molar-refractivity contribution in [2.75, 3.05) is 6.54 Å². The van der Waals surface area contributed by atoms with Crippen molar-refractivity contribution in [2.24, 2.45) is 5.73 Å². The largest absolute Gasteiger partial charge is 0.443 e. The second-order valence-electron chi connectivity index (χ2n) is 4.60. The van der Waals surface area contributed by atoms with Gasteiger partial charge in [-0.15, -0.1) is 0 Å². The molecule has 0 saturated carbocycles. The molecule has 0 aromatic heterocycles. The molecule has 0 aromatic carbocycles. The fourth-order valence-electron chi connectivity index (χ4n) is 0.982. The maximum absolute atomic E-state index is 11.2. The maximum atomic E-state index is 11.2. The van der Waals surface area contributed by atoms with E-state index in [0.29, 0.717) is 6.54 Å². The molecule has 0 spiro atoms. The average molecular weight is 217 g/mol. The molecule has 1 atom stereocenters. The number of hydrazine groups is 1. The van der Waals surface area contributed by atoms with E-state index in [2.05, 4.69) is 10.9 Å². The molecule has 0 saturated heterocycles. The normalized spacial score (nSPS) is 13.4. The van der Waals surface area contributed by atoms with Crippen LogP contribution in [0.15, 0.2) is 0 Å². The van der Waals surface area contributed by atoms with Crippen molar-refractivity contribution in [1.29, 1.82) is 0 Å². The van der Waals surface area contributed by atoms with Crippen molar-refractivity contribution in [2.45, 2.75) is 52.2 Å². The number of hydrogen-bond acceptors (Lipinski definition) is 4. The molecule has 0 fully saturated rings. The minimum absolute atomic E-state index is 0.195. The lowest BCUT2D eigenvalue weighted by molar-refractivity contribution is 0.0488. The van der Waals surface area contributed by atoms with E-state index in [1.54, 1.807) is 0 Å². The molecule has 0 bridgehead atoms. The lowest BCUT2D eigenvalue weighted by Gasteiger charge is -2.21. The average Bonchev–Trinajstić information content (AvgIpc) is 2.08. The molecule has 1 unspecified atom stereocenters. The first kappa shape index (κ1) is 14.2. The van der Waals surface area contributed by atoms with Crippen LogP contribution in [0.5, 0.6) is 0 Å². The second-order valence-corrected chi connectivity index (χ2v) is 4.60. The number of nitrogens with one attached hydrogen (secondary N) is 2. The van der Waals surface area contributed by atoms with Gasteiger partial charge in [-0.25, -0.2) is 10.2 Å². The van der Waals surface area contributed by atoms with E-state index in [9.17, 15) is 4.79 Å². The standard InChI is InChI=1S/C10H23N3O2/c1-8(6-5-7-11)12-13-9(14)15-10(2,3)4/h8,12H,5-7,11H2,1-4H3,(H,13,14). The third kappa shape index (κ3) is 9.49. The Balaban J connectivity index is 3.62. The van der Waals surface area contributed by atoms with E-state index >= 15 is 0 Å². The van der Waals surface area contributed by atoms with Gasteiger partial charge in [0.05, 0.1) is 0 Å². The molecular formula is C10H23N3O2. The van der Waals surface area contributed by atoms with E-state index in [-0.39, 0.29) is 6.04 Å². The van der Waals surface area contributed by atoms with E-state index < -0.39 is 11.7 Å². The number of carbonyl (C=O) groups excluding carboxylic acids is 1. The minimum Gasteiger partial charge on any atom is -0.443 e. The number of amides is 1. The first-order valence-electron chi connectivity index (χ1n) is 5.29. The molecule has 0 rings (SSSR count). The third-order valence-electron chi connectivity index (χ3n) is 1.66. The van der Waals surface area contributed by atoms with Gasteiger partial charge in [0.2, 0.25) is 0 Å². The molecule has 0 radical (unpaired) electrons. The van der Waals surface area contributed by atoms with Crippen LogP contribution in [0.25, 0.3) is 0 Å². The summed E-state index contributed by atoms with van der Waals surface area (Å²) >= 11 is 0. The van der Waals surface area contributed by atoms with Gasteiger partial charge in [0, 0.05) is 6.04 Å². The van der Waals surface area contributed by atoms with Crippen molar-refractivity contribution in [3.05, 3.63) is 0 Å². The smallest absolute Gasteiger partial charge is 0.422 e. The third-order valence-corrected chi connectivity index (χ3v) is 1.66. The lowest BCUT2D eigenvalue weighted by atomic mass is 10.2. The molecule has 5 nitrogen and oxygen atoms in total. The Morgan fingerprint density at radius 1 is 1.47 bits per heavy atom. The molecule has 90 valence electrons. The second kappa shape index (κ2) is 6.63. The number of ether oxygens (including phenoxy) is 1. The molecule has 0 aliphatic rings. The van der Waals surface area contributed by atoms with E-state index in [1.165, 1.54) is 0 Å². The van der Waals surface area contributed by atoms with Crippen LogP contribution in [0.3, 0.4) is 0 Å². The SMILES string of the molecule is CC(CCCN)NNC(=O)OC(C)(C)C. The summed E-state index contributed by atoms with van der Waals surface area (Å²) in [6.07, 6.45) is 1.40. The summed E-state index contributed by atoms with van der Waals surface area (Å²) in [5.41, 5.74) is 10.3. The van der Waals surface area contributed by atoms with Crippen LogP contribution in [-0.4, -0.2) is 24.3 Å². The van der Waals surface area contributed by atoms with Gasteiger partial charge in [-0.05, 0) is 47.1 Å². The predicted octanol–water partition coefficient (Wildman–Crippen LogP) is 1.14. The van der Waals surface area contributed by atoms with E-state index in [1.807, 2.05) is 27.7 Å². The van der Waals surface area contributed by atoms with Gasteiger partial charge in [-0.2, -0.15) is 0 Å². The Kier molecular flexibility index (Phi) is 6.27. The van der Waals surface area contributed by atoms with Crippen molar-refractivity contribution in [1.82, 2.24) is 10.9 Å². The van der Waals surface area contributed by atoms with Gasteiger partial charge in [0.1, 0.15) is 5.60 Å². The highest BCUT2D eigenvalue weighted by Crippen LogP contribution is 2.06. The predicted molar refractivity (Wildman–Crippen MR) is 60.3 cm³/mol. The monoisotopic (exact) mass is 217 g/mol. The van der Waals surface area contributed by atoms with Crippen molar-refractivity contribution in [3.63, 3.8) is 0 Å². The Morgan fingerprint density at radius 2 is 2.07 bits per heavy atom. The number of carbonyl (C=O) groups is 1. The van der Waals surface area contributed by atoms with Crippen LogP contribution in [0, 0.1) is 0 Å². The summed E-state index contributed by atoms with van der Waals surface area (Å²) < 4.78 is 5.06. The summed E-state index contributed by atoms with van der Waals surface area (Å²) in [5, 5.41) is 0. The Hall–Kier alpha value is -0.810. The summed E-state index contributed by atoms with van der Waals surface area (Å²) in [6, 6.07) is 0.195. The van der Waals surface area contributed by atoms with Crippen LogP contribution < -0.4 is 16.6 Å². The zero-order valence-corrected chi connectivity index (χ0v) is 10.1. The first-order valence-corrected chi connectivity index (χ1v) is 5.29. The van der Waals surface area contributed by atoms with Gasteiger partial charge in [-0.1, -0.05) is 0 Å². The number of rotatable bonds is 5. The molecule has 1 amide bonds. The molecule has 5 heteroatoms. The van der Waals surface area contributed by atoms with Gasteiger partial charge >= 0.3 is 6.09 Å². The van der Waals surface area contributed by atoms with Crippen LogP contribution in [0.4, 0.5) is 4.79 Å². The van der Waals surface area contributed by atoms with Crippen molar-refractivity contribution in [3.8, 4) is 0 Å². The quantitative estimate of drug-likeness (QED) is 0.604. The van der Waals surface area contributed by atoms with Crippen molar-refractivity contribution >= 4 is 6.09 Å². The zero-order chi connectivity index (χ0) is 11.9. The van der Waals surface area contributed by atoms with Crippen LogP contribution in [0.1, 0.15) is 40.5 Å². The van der Waals surface area contributed by atoms with E-state index in [4.69, 9.17) is 10.5 Å². The summed E-state index contributed by atoms with van der Waals surface area (Å²) in [7, 11) is 0. The Morgan fingerprint density at radius 3 is 2.53 bits per heavy atom. The minimum atomic E-state index is -0.466. The summed E-state index contributed by atoms with van der Waals surface area (Å²) in [4.78, 5) is 11.2. The van der Waals surface area contributed by atoms with Crippen LogP contribution in [0.2, 0.25) is 0 Å². The van der Waals surface area contributed by atoms with Crippen LogP contribution >= 0.6 is 0 Å². The molecular weight excluding hydrogens is 194 g/mol. The van der Waals surface area contributed by atoms with Crippen molar-refractivity contribution < 1.29 is 9.53 Å². The zero-order valence-electron chi connectivity index (χ0n) is 10.1. The Labute approximate surface area is 91.7 Å². The molecule has 0 aliphatic carbocycles. The number of hydrogen-bond donors (Lipinski definition) is 3. The molecule has 15 heavy (non-hydrogen) atoms. The topological polar surface area (TPSA) is 76.4 Å². The highest BCUT2D eigenvalue weighted by molar-refractivity contribution is 5.66. The summed E-state index contributed by atoms with van der Waals surface area (Å²) in [6.45, 7) is 8.12. The molecule has 0 heterocycles. The van der Waals surface area contributed by atoms with E-state index in [0.717, 1.165) is 12.8 Å². The number of nitrogens with two attached hydrogens (primary N) is 1. The fourth-order valence-corrected chi connectivity index (χ4v) is 0.982.